The normalized spacial score (nSPS) is 11.7. The molecule has 1 N–H and O–H groups in total. The molecule has 1 unspecified atom stereocenters. The van der Waals surface area contributed by atoms with Crippen molar-refractivity contribution in [2.75, 3.05) is 25.0 Å². The van der Waals surface area contributed by atoms with Gasteiger partial charge in [0.15, 0.2) is 17.5 Å². The third-order valence-corrected chi connectivity index (χ3v) is 3.49. The van der Waals surface area contributed by atoms with Crippen molar-refractivity contribution in [1.82, 2.24) is 4.90 Å². The summed E-state index contributed by atoms with van der Waals surface area (Å²) in [6.07, 6.45) is 2.08. The van der Waals surface area contributed by atoms with Gasteiger partial charge in [-0.05, 0) is 31.9 Å². The number of carbonyl (C=O) groups excluding carboxylic acids is 2. The number of amides is 2. The van der Waals surface area contributed by atoms with E-state index >= 15 is 0 Å². The molecule has 0 saturated carbocycles. The quantitative estimate of drug-likeness (QED) is 0.390. The SMILES string of the molecule is C=CCCOC(C)C(=O)N(CCC)CC(=O)Nc1ccc(F)c(F)c1F. The summed E-state index contributed by atoms with van der Waals surface area (Å²) in [4.78, 5) is 25.8. The van der Waals surface area contributed by atoms with E-state index in [0.717, 1.165) is 6.07 Å². The maximum atomic E-state index is 13.6. The molecule has 0 aromatic heterocycles. The van der Waals surface area contributed by atoms with Crippen molar-refractivity contribution in [1.29, 1.82) is 0 Å². The Morgan fingerprint density at radius 2 is 2.00 bits per heavy atom. The average molecular weight is 372 g/mol. The van der Waals surface area contributed by atoms with Crippen molar-refractivity contribution in [3.63, 3.8) is 0 Å². The second-order valence-corrected chi connectivity index (χ2v) is 5.62. The Hall–Kier alpha value is -2.35. The molecule has 1 aromatic rings. The fourth-order valence-electron chi connectivity index (χ4n) is 2.18. The molecule has 0 radical (unpaired) electrons. The van der Waals surface area contributed by atoms with Gasteiger partial charge >= 0.3 is 0 Å². The minimum atomic E-state index is -1.67. The number of ether oxygens (including phenoxy) is 1. The maximum absolute atomic E-state index is 13.6. The molecule has 0 heterocycles. The van der Waals surface area contributed by atoms with Gasteiger partial charge in [0.05, 0.1) is 18.8 Å². The molecule has 1 atom stereocenters. The van der Waals surface area contributed by atoms with Crippen LogP contribution in [0.15, 0.2) is 24.8 Å². The number of hydrogen-bond acceptors (Lipinski definition) is 3. The van der Waals surface area contributed by atoms with Crippen LogP contribution >= 0.6 is 0 Å². The number of benzene rings is 1. The lowest BCUT2D eigenvalue weighted by atomic mass is 10.2. The molecule has 0 bridgehead atoms. The van der Waals surface area contributed by atoms with Crippen molar-refractivity contribution in [2.24, 2.45) is 0 Å². The van der Waals surface area contributed by atoms with E-state index in [9.17, 15) is 22.8 Å². The zero-order valence-corrected chi connectivity index (χ0v) is 14.9. The van der Waals surface area contributed by atoms with Crippen molar-refractivity contribution < 1.29 is 27.5 Å². The van der Waals surface area contributed by atoms with E-state index in [4.69, 9.17) is 4.74 Å². The molecule has 5 nitrogen and oxygen atoms in total. The van der Waals surface area contributed by atoms with Gasteiger partial charge in [-0.25, -0.2) is 13.2 Å². The summed E-state index contributed by atoms with van der Waals surface area (Å²) in [5.41, 5.74) is -0.493. The lowest BCUT2D eigenvalue weighted by Gasteiger charge is -2.25. The smallest absolute Gasteiger partial charge is 0.251 e. The minimum Gasteiger partial charge on any atom is -0.368 e. The highest BCUT2D eigenvalue weighted by Crippen LogP contribution is 2.19. The summed E-state index contributed by atoms with van der Waals surface area (Å²) in [5, 5.41) is 2.14. The van der Waals surface area contributed by atoms with Crippen molar-refractivity contribution >= 4 is 17.5 Å². The fourth-order valence-corrected chi connectivity index (χ4v) is 2.18. The number of carbonyl (C=O) groups is 2. The van der Waals surface area contributed by atoms with Crippen LogP contribution < -0.4 is 5.32 Å². The molecule has 0 aliphatic heterocycles. The van der Waals surface area contributed by atoms with E-state index in [-0.39, 0.29) is 6.54 Å². The Labute approximate surface area is 150 Å². The Kier molecular flexibility index (Phi) is 8.84. The number of halogens is 3. The molecule has 1 aromatic carbocycles. The zero-order chi connectivity index (χ0) is 19.7. The molecule has 0 aliphatic carbocycles. The van der Waals surface area contributed by atoms with E-state index in [1.807, 2.05) is 6.92 Å². The number of nitrogens with one attached hydrogen (secondary N) is 1. The second-order valence-electron chi connectivity index (χ2n) is 5.62. The molecule has 0 saturated heterocycles. The van der Waals surface area contributed by atoms with Gasteiger partial charge in [0, 0.05) is 6.54 Å². The summed E-state index contributed by atoms with van der Waals surface area (Å²) >= 11 is 0. The number of nitrogens with zero attached hydrogens (tertiary/aromatic N) is 1. The summed E-state index contributed by atoms with van der Waals surface area (Å²) in [6.45, 7) is 7.21. The van der Waals surface area contributed by atoms with Gasteiger partial charge in [-0.3, -0.25) is 9.59 Å². The first-order valence-electron chi connectivity index (χ1n) is 8.26. The minimum absolute atomic E-state index is 0.293. The highest BCUT2D eigenvalue weighted by molar-refractivity contribution is 5.95. The predicted octanol–water partition coefficient (Wildman–Crippen LogP) is 3.26. The van der Waals surface area contributed by atoms with Crippen LogP contribution in [-0.4, -0.2) is 42.5 Å². The highest BCUT2D eigenvalue weighted by atomic mass is 19.2. The first-order chi connectivity index (χ1) is 12.3. The molecule has 0 fully saturated rings. The Bertz CT molecular complexity index is 653. The van der Waals surface area contributed by atoms with Gasteiger partial charge in [-0.15, -0.1) is 6.58 Å². The van der Waals surface area contributed by atoms with E-state index in [1.165, 1.54) is 4.90 Å². The molecule has 0 aliphatic rings. The van der Waals surface area contributed by atoms with Crippen LogP contribution in [0.1, 0.15) is 26.7 Å². The van der Waals surface area contributed by atoms with Crippen LogP contribution in [0.5, 0.6) is 0 Å². The lowest BCUT2D eigenvalue weighted by Crippen LogP contribution is -2.44. The first-order valence-corrected chi connectivity index (χ1v) is 8.26. The van der Waals surface area contributed by atoms with Crippen molar-refractivity contribution in [2.45, 2.75) is 32.8 Å². The Morgan fingerprint density at radius 1 is 1.31 bits per heavy atom. The molecule has 26 heavy (non-hydrogen) atoms. The van der Waals surface area contributed by atoms with Crippen LogP contribution in [0.3, 0.4) is 0 Å². The average Bonchev–Trinajstić information content (AvgIpc) is 2.61. The number of rotatable bonds is 10. The largest absolute Gasteiger partial charge is 0.368 e. The summed E-state index contributed by atoms with van der Waals surface area (Å²) in [5.74, 6) is -5.64. The van der Waals surface area contributed by atoms with Crippen molar-refractivity contribution in [3.8, 4) is 0 Å². The standard InChI is InChI=1S/C18H23F3N2O3/c1-4-6-10-26-12(3)18(25)23(9-5-2)11-15(24)22-14-8-7-13(19)16(20)17(14)21/h4,7-8,12H,1,5-6,9-11H2,2-3H3,(H,22,24). The molecule has 0 spiro atoms. The van der Waals surface area contributed by atoms with Gasteiger partial charge in [0.2, 0.25) is 5.91 Å². The van der Waals surface area contributed by atoms with Crippen LogP contribution in [-0.2, 0) is 14.3 Å². The van der Waals surface area contributed by atoms with Gasteiger partial charge < -0.3 is 15.0 Å². The second kappa shape index (κ2) is 10.6. The lowest BCUT2D eigenvalue weighted by molar-refractivity contribution is -0.144. The topological polar surface area (TPSA) is 58.6 Å². The van der Waals surface area contributed by atoms with Gasteiger partial charge in [-0.2, -0.15) is 0 Å². The third-order valence-electron chi connectivity index (χ3n) is 3.49. The summed E-state index contributed by atoms with van der Waals surface area (Å²) in [6, 6.07) is 1.62. The third kappa shape index (κ3) is 6.18. The van der Waals surface area contributed by atoms with Crippen LogP contribution in [0.2, 0.25) is 0 Å². The van der Waals surface area contributed by atoms with E-state index in [2.05, 4.69) is 11.9 Å². The van der Waals surface area contributed by atoms with E-state index in [1.54, 1.807) is 13.0 Å². The van der Waals surface area contributed by atoms with Crippen LogP contribution in [0.4, 0.5) is 18.9 Å². The monoisotopic (exact) mass is 372 g/mol. The first kappa shape index (κ1) is 21.7. The molecule has 1 rings (SSSR count). The fraction of sp³-hybridized carbons (Fsp3) is 0.444. The van der Waals surface area contributed by atoms with Crippen LogP contribution in [0.25, 0.3) is 0 Å². The zero-order valence-electron chi connectivity index (χ0n) is 14.9. The van der Waals surface area contributed by atoms with Gasteiger partial charge in [0.25, 0.3) is 5.91 Å². The number of hydrogen-bond donors (Lipinski definition) is 1. The summed E-state index contributed by atoms with van der Waals surface area (Å²) in [7, 11) is 0. The predicted molar refractivity (Wildman–Crippen MR) is 92.0 cm³/mol. The summed E-state index contributed by atoms with van der Waals surface area (Å²) < 4.78 is 45.1. The molecular formula is C18H23F3N2O3. The van der Waals surface area contributed by atoms with Gasteiger partial charge in [-0.1, -0.05) is 13.0 Å². The highest BCUT2D eigenvalue weighted by Gasteiger charge is 2.23. The number of anilines is 1. The Morgan fingerprint density at radius 3 is 2.62 bits per heavy atom. The van der Waals surface area contributed by atoms with E-state index < -0.39 is 41.1 Å². The molecule has 2 amide bonds. The van der Waals surface area contributed by atoms with E-state index in [0.29, 0.717) is 32.1 Å². The molecule has 144 valence electrons. The molecule has 8 heteroatoms. The van der Waals surface area contributed by atoms with Crippen LogP contribution in [0, 0.1) is 17.5 Å². The van der Waals surface area contributed by atoms with Gasteiger partial charge in [0.1, 0.15) is 6.10 Å². The van der Waals surface area contributed by atoms with Crippen molar-refractivity contribution in [3.05, 3.63) is 42.2 Å². The molecular weight excluding hydrogens is 349 g/mol. The maximum Gasteiger partial charge on any atom is 0.251 e. The Balaban J connectivity index is 2.74.